The Kier molecular flexibility index (Phi) is 13.7. The monoisotopic (exact) mass is 742 g/mol. The highest BCUT2D eigenvalue weighted by atomic mass is 32.2. The molecular weight excluding hydrogens is 691 g/mol. The van der Waals surface area contributed by atoms with E-state index >= 15 is 0 Å². The molecule has 0 heterocycles. The second kappa shape index (κ2) is 17.4. The van der Waals surface area contributed by atoms with Crippen LogP contribution in [0.3, 0.4) is 0 Å². The molecule has 0 bridgehead atoms. The summed E-state index contributed by atoms with van der Waals surface area (Å²) in [5.41, 5.74) is 0.628. The number of aryl methyl sites for hydroxylation is 1. The van der Waals surface area contributed by atoms with Gasteiger partial charge in [-0.05, 0) is 99.4 Å². The zero-order valence-electron chi connectivity index (χ0n) is 30.6. The van der Waals surface area contributed by atoms with Gasteiger partial charge < -0.3 is 25.7 Å². The van der Waals surface area contributed by atoms with E-state index in [9.17, 15) is 37.0 Å². The van der Waals surface area contributed by atoms with Crippen molar-refractivity contribution in [1.29, 1.82) is 0 Å². The van der Waals surface area contributed by atoms with E-state index < -0.39 is 57.8 Å². The Balaban J connectivity index is 1.69. The van der Waals surface area contributed by atoms with Gasteiger partial charge in [0.1, 0.15) is 11.6 Å². The zero-order valence-corrected chi connectivity index (χ0v) is 31.5. The molecule has 0 aliphatic heterocycles. The van der Waals surface area contributed by atoms with Crippen LogP contribution in [0.25, 0.3) is 0 Å². The van der Waals surface area contributed by atoms with Gasteiger partial charge in [0.05, 0.1) is 29.2 Å². The van der Waals surface area contributed by atoms with Crippen molar-refractivity contribution < 1.29 is 37.0 Å². The Morgan fingerprint density at radius 3 is 2.13 bits per heavy atom. The molecule has 284 valence electrons. The molecule has 0 aromatic heterocycles. The average molecular weight is 743 g/mol. The van der Waals surface area contributed by atoms with Gasteiger partial charge in [-0.15, -0.1) is 0 Å². The number of carbonyl (C=O) groups excluding carboxylic acids is 2. The molecule has 2 atom stereocenters. The third-order valence-corrected chi connectivity index (χ3v) is 10.9. The molecule has 0 spiro atoms. The normalized spacial score (nSPS) is 15.2. The number of nitrogens with one attached hydrogen (secondary N) is 3. The van der Waals surface area contributed by atoms with Gasteiger partial charge in [0, 0.05) is 42.4 Å². The quantitative estimate of drug-likeness (QED) is 0.118. The molecule has 13 heteroatoms. The Hall–Kier alpha value is -3.75. The van der Waals surface area contributed by atoms with Crippen molar-refractivity contribution in [1.82, 2.24) is 20.3 Å². The van der Waals surface area contributed by atoms with E-state index in [1.807, 2.05) is 32.0 Å². The molecule has 0 radical (unpaired) electrons. The van der Waals surface area contributed by atoms with Gasteiger partial charge in [-0.25, -0.2) is 21.9 Å². The second-order valence-corrected chi connectivity index (χ2v) is 16.0. The van der Waals surface area contributed by atoms with E-state index in [1.54, 1.807) is 4.90 Å². The Labute approximate surface area is 306 Å². The molecule has 0 unspecified atom stereocenters. The number of rotatable bonds is 19. The van der Waals surface area contributed by atoms with E-state index in [0.29, 0.717) is 25.9 Å². The number of aliphatic hydroxyl groups excluding tert-OH is 2. The number of sulfonamides is 1. The van der Waals surface area contributed by atoms with Crippen molar-refractivity contribution in [2.45, 2.75) is 101 Å². The summed E-state index contributed by atoms with van der Waals surface area (Å²) in [7, 11) is -4.35. The molecule has 3 aromatic carbocycles. The van der Waals surface area contributed by atoms with Crippen LogP contribution in [0.1, 0.15) is 97.7 Å². The molecule has 1 fully saturated rings. The van der Waals surface area contributed by atoms with Gasteiger partial charge in [-0.3, -0.25) is 9.59 Å². The van der Waals surface area contributed by atoms with Crippen molar-refractivity contribution in [2.75, 3.05) is 26.2 Å². The molecule has 1 aliphatic carbocycles. The highest BCUT2D eigenvalue weighted by Gasteiger charge is 2.44. The van der Waals surface area contributed by atoms with Crippen molar-refractivity contribution >= 4 is 21.8 Å². The zero-order chi connectivity index (χ0) is 38.3. The van der Waals surface area contributed by atoms with Crippen LogP contribution in [0.4, 0.5) is 8.78 Å². The molecule has 3 aromatic rings. The summed E-state index contributed by atoms with van der Waals surface area (Å²) in [6, 6.07) is 13.7. The summed E-state index contributed by atoms with van der Waals surface area (Å²) in [5, 5.41) is 27.5. The van der Waals surface area contributed by atoms with Gasteiger partial charge >= 0.3 is 0 Å². The molecule has 10 nitrogen and oxygen atoms in total. The first-order valence-electron chi connectivity index (χ1n) is 17.9. The van der Waals surface area contributed by atoms with Gasteiger partial charge in [0.25, 0.3) is 11.8 Å². The minimum absolute atomic E-state index is 0.0282. The maximum atomic E-state index is 14.2. The van der Waals surface area contributed by atoms with Crippen LogP contribution in [0.2, 0.25) is 0 Å². The van der Waals surface area contributed by atoms with E-state index in [-0.39, 0.29) is 40.1 Å². The standard InChI is InChI=1S/C39H52F2N4O6S/c1-6-14-45(15-7-2)37(49)29-20-28(21-33(22-29)52(50,51)44-38(4,5)25-46)36(48)43-34(19-27-17-31(40)23-32(41)18-27)35(47)24-42-39(12-13-39)30-11-9-10-26(8-3)16-30/h9-11,16-18,20-23,34-35,42,44,46-47H,6-8,12-15,19,24-25H2,1-5H3,(H,43,48)/t34-,35+/m0/s1. The summed E-state index contributed by atoms with van der Waals surface area (Å²) in [6.45, 7) is 9.20. The molecule has 52 heavy (non-hydrogen) atoms. The van der Waals surface area contributed by atoms with Crippen LogP contribution in [-0.4, -0.2) is 79.3 Å². The number of hydrogen-bond acceptors (Lipinski definition) is 7. The number of hydrogen-bond donors (Lipinski definition) is 5. The third kappa shape index (κ3) is 10.7. The highest BCUT2D eigenvalue weighted by molar-refractivity contribution is 7.89. The molecule has 4 rings (SSSR count). The van der Waals surface area contributed by atoms with Crippen LogP contribution >= 0.6 is 0 Å². The fraction of sp³-hybridized carbons (Fsp3) is 0.487. The summed E-state index contributed by atoms with van der Waals surface area (Å²) in [5.74, 6) is -2.90. The number of halogens is 2. The lowest BCUT2D eigenvalue weighted by atomic mass is 9.98. The van der Waals surface area contributed by atoms with Crippen LogP contribution in [0, 0.1) is 11.6 Å². The van der Waals surface area contributed by atoms with Crippen molar-refractivity contribution in [2.24, 2.45) is 0 Å². The number of benzene rings is 3. The summed E-state index contributed by atoms with van der Waals surface area (Å²) in [4.78, 5) is 29.0. The fourth-order valence-electron chi connectivity index (χ4n) is 6.24. The van der Waals surface area contributed by atoms with Crippen LogP contribution < -0.4 is 15.4 Å². The first-order chi connectivity index (χ1) is 24.5. The topological polar surface area (TPSA) is 148 Å². The third-order valence-electron chi connectivity index (χ3n) is 9.25. The summed E-state index contributed by atoms with van der Waals surface area (Å²) in [6.07, 6.45) is 2.46. The lowest BCUT2D eigenvalue weighted by Gasteiger charge is -2.28. The average Bonchev–Trinajstić information content (AvgIpc) is 3.90. The fourth-order valence-corrected chi connectivity index (χ4v) is 7.72. The number of amides is 2. The Morgan fingerprint density at radius 2 is 1.56 bits per heavy atom. The maximum Gasteiger partial charge on any atom is 0.253 e. The smallest absolute Gasteiger partial charge is 0.253 e. The van der Waals surface area contributed by atoms with Gasteiger partial charge in [0.15, 0.2) is 0 Å². The van der Waals surface area contributed by atoms with Crippen LogP contribution in [-0.2, 0) is 28.4 Å². The first-order valence-corrected chi connectivity index (χ1v) is 19.4. The van der Waals surface area contributed by atoms with Gasteiger partial charge in [-0.2, -0.15) is 0 Å². The van der Waals surface area contributed by atoms with E-state index in [4.69, 9.17) is 0 Å². The SMILES string of the molecule is CCCN(CCC)C(=O)c1cc(C(=O)N[C@@H](Cc2cc(F)cc(F)c2)[C@H](O)CNC2(c3cccc(CC)c3)CC2)cc(S(=O)(=O)NC(C)(C)CO)c1. The Bertz CT molecular complexity index is 1810. The predicted molar refractivity (Wildman–Crippen MR) is 196 cm³/mol. The van der Waals surface area contributed by atoms with Crippen LogP contribution in [0.15, 0.2) is 65.6 Å². The lowest BCUT2D eigenvalue weighted by Crippen LogP contribution is -2.50. The predicted octanol–water partition coefficient (Wildman–Crippen LogP) is 4.82. The summed E-state index contributed by atoms with van der Waals surface area (Å²) < 4.78 is 58.0. The number of nitrogens with zero attached hydrogens (tertiary/aromatic N) is 1. The van der Waals surface area contributed by atoms with E-state index in [1.165, 1.54) is 31.5 Å². The molecule has 5 N–H and O–H groups in total. The Morgan fingerprint density at radius 1 is 0.923 bits per heavy atom. The van der Waals surface area contributed by atoms with Gasteiger partial charge in [-0.1, -0.05) is 45.0 Å². The van der Waals surface area contributed by atoms with Gasteiger partial charge in [0.2, 0.25) is 10.0 Å². The van der Waals surface area contributed by atoms with Crippen molar-refractivity contribution in [3.8, 4) is 0 Å². The highest BCUT2D eigenvalue weighted by Crippen LogP contribution is 2.45. The summed E-state index contributed by atoms with van der Waals surface area (Å²) >= 11 is 0. The largest absolute Gasteiger partial charge is 0.394 e. The molecule has 2 amide bonds. The minimum Gasteiger partial charge on any atom is -0.394 e. The van der Waals surface area contributed by atoms with Crippen molar-refractivity contribution in [3.05, 3.63) is 100 Å². The molecule has 1 saturated carbocycles. The molecule has 1 aliphatic rings. The number of aliphatic hydroxyl groups is 2. The number of carbonyl (C=O) groups is 2. The van der Waals surface area contributed by atoms with E-state index in [2.05, 4.69) is 28.3 Å². The molecule has 0 saturated heterocycles. The molecular formula is C39H52F2N4O6S. The van der Waals surface area contributed by atoms with E-state index in [0.717, 1.165) is 49.1 Å². The van der Waals surface area contributed by atoms with Crippen molar-refractivity contribution in [3.63, 3.8) is 0 Å². The van der Waals surface area contributed by atoms with Crippen LogP contribution in [0.5, 0.6) is 0 Å². The second-order valence-electron chi connectivity index (χ2n) is 14.3. The maximum absolute atomic E-state index is 14.2. The lowest BCUT2D eigenvalue weighted by molar-refractivity contribution is 0.0755. The minimum atomic E-state index is -4.35. The first kappa shape index (κ1) is 41.0.